The van der Waals surface area contributed by atoms with Crippen molar-refractivity contribution in [1.29, 1.82) is 0 Å². The predicted octanol–water partition coefficient (Wildman–Crippen LogP) is 3.24. The van der Waals surface area contributed by atoms with Gasteiger partial charge in [0.05, 0.1) is 0 Å². The Kier molecular flexibility index (Phi) is 3.53. The maximum Gasteiger partial charge on any atom is 0.124 e. The largest absolute Gasteiger partial charge is 0.489 e. The van der Waals surface area contributed by atoms with E-state index >= 15 is 0 Å². The Morgan fingerprint density at radius 3 is 2.88 bits per heavy atom. The number of rotatable bonds is 4. The smallest absolute Gasteiger partial charge is 0.124 e. The molecule has 2 heteroatoms. The molecule has 0 aliphatic carbocycles. The summed E-state index contributed by atoms with van der Waals surface area (Å²) in [5.74, 6) is 0.979. The van der Waals surface area contributed by atoms with E-state index in [0.29, 0.717) is 6.61 Å². The quantitative estimate of drug-likeness (QED) is 0.803. The Balaban J connectivity index is 2.23. The third-order valence-corrected chi connectivity index (χ3v) is 3.32. The van der Waals surface area contributed by atoms with E-state index in [4.69, 9.17) is 4.74 Å². The molecule has 1 aliphatic heterocycles. The van der Waals surface area contributed by atoms with Gasteiger partial charge in [0.25, 0.3) is 0 Å². The molecule has 1 unspecified atom stereocenters. The lowest BCUT2D eigenvalue weighted by molar-refractivity contribution is 0.329. The molecule has 1 aromatic rings. The van der Waals surface area contributed by atoms with Crippen LogP contribution in [0.25, 0.3) is 0 Å². The predicted molar refractivity (Wildman–Crippen MR) is 71.3 cm³/mol. The van der Waals surface area contributed by atoms with Gasteiger partial charge in [0.15, 0.2) is 0 Å². The van der Waals surface area contributed by atoms with Gasteiger partial charge in [-0.1, -0.05) is 24.8 Å². The van der Waals surface area contributed by atoms with Crippen molar-refractivity contribution in [2.75, 3.05) is 13.2 Å². The first-order chi connectivity index (χ1) is 8.12. The molecule has 0 aromatic heterocycles. The number of para-hydroxylation sites is 1. The first-order valence-electron chi connectivity index (χ1n) is 6.23. The van der Waals surface area contributed by atoms with Gasteiger partial charge >= 0.3 is 0 Å². The molecule has 17 heavy (non-hydrogen) atoms. The van der Waals surface area contributed by atoms with Crippen molar-refractivity contribution in [2.24, 2.45) is 0 Å². The fourth-order valence-electron chi connectivity index (χ4n) is 2.37. The number of hydrogen-bond donors (Lipinski definition) is 1. The second kappa shape index (κ2) is 4.92. The minimum Gasteiger partial charge on any atom is -0.489 e. The van der Waals surface area contributed by atoms with Crippen LogP contribution in [0.15, 0.2) is 36.4 Å². The lowest BCUT2D eigenvalue weighted by Gasteiger charge is -2.27. The van der Waals surface area contributed by atoms with Gasteiger partial charge in [-0.2, -0.15) is 0 Å². The van der Waals surface area contributed by atoms with Crippen LogP contribution in [-0.4, -0.2) is 13.2 Å². The van der Waals surface area contributed by atoms with Gasteiger partial charge < -0.3 is 10.1 Å². The summed E-state index contributed by atoms with van der Waals surface area (Å²) < 4.78 is 5.84. The minimum absolute atomic E-state index is 0.0612. The average Bonchev–Trinajstić information content (AvgIpc) is 2.75. The Bertz CT molecular complexity index is 405. The van der Waals surface area contributed by atoms with Crippen molar-refractivity contribution in [3.05, 3.63) is 42.0 Å². The van der Waals surface area contributed by atoms with E-state index in [1.54, 1.807) is 0 Å². The molecule has 0 spiro atoms. The molecule has 0 amide bonds. The summed E-state index contributed by atoms with van der Waals surface area (Å²) in [7, 11) is 0. The van der Waals surface area contributed by atoms with Gasteiger partial charge in [0.2, 0.25) is 0 Å². The van der Waals surface area contributed by atoms with Crippen LogP contribution in [0.5, 0.6) is 5.75 Å². The minimum atomic E-state index is 0.0612. The van der Waals surface area contributed by atoms with E-state index in [1.807, 2.05) is 19.1 Å². The van der Waals surface area contributed by atoms with Gasteiger partial charge in [-0.3, -0.25) is 0 Å². The van der Waals surface area contributed by atoms with Crippen molar-refractivity contribution >= 4 is 0 Å². The number of benzene rings is 1. The van der Waals surface area contributed by atoms with Crippen LogP contribution in [0, 0.1) is 0 Å². The molecule has 1 fully saturated rings. The Morgan fingerprint density at radius 2 is 2.24 bits per heavy atom. The van der Waals surface area contributed by atoms with Crippen molar-refractivity contribution in [2.45, 2.75) is 32.2 Å². The molecule has 1 heterocycles. The molecule has 1 atom stereocenters. The second-order valence-electron chi connectivity index (χ2n) is 5.10. The summed E-state index contributed by atoms with van der Waals surface area (Å²) in [5, 5.41) is 3.57. The van der Waals surface area contributed by atoms with Crippen LogP contribution in [0.3, 0.4) is 0 Å². The Morgan fingerprint density at radius 1 is 1.47 bits per heavy atom. The van der Waals surface area contributed by atoms with Crippen molar-refractivity contribution < 1.29 is 4.74 Å². The first-order valence-corrected chi connectivity index (χ1v) is 6.23. The molecule has 0 radical (unpaired) electrons. The van der Waals surface area contributed by atoms with E-state index in [2.05, 4.69) is 31.0 Å². The molecule has 1 aromatic carbocycles. The van der Waals surface area contributed by atoms with E-state index in [0.717, 1.165) is 17.9 Å². The Labute approximate surface area is 104 Å². The zero-order valence-electron chi connectivity index (χ0n) is 10.8. The molecule has 1 saturated heterocycles. The van der Waals surface area contributed by atoms with Crippen LogP contribution < -0.4 is 10.1 Å². The molecular weight excluding hydrogens is 210 g/mol. The van der Waals surface area contributed by atoms with E-state index in [9.17, 15) is 0 Å². The normalized spacial score (nSPS) is 23.6. The second-order valence-corrected chi connectivity index (χ2v) is 5.10. The highest BCUT2D eigenvalue weighted by Gasteiger charge is 2.32. The zero-order chi connectivity index (χ0) is 12.3. The van der Waals surface area contributed by atoms with Crippen LogP contribution in [0.1, 0.15) is 32.3 Å². The van der Waals surface area contributed by atoms with Crippen LogP contribution in [-0.2, 0) is 5.54 Å². The highest BCUT2D eigenvalue weighted by Crippen LogP contribution is 2.36. The van der Waals surface area contributed by atoms with Gasteiger partial charge in [-0.25, -0.2) is 0 Å². The molecule has 92 valence electrons. The third kappa shape index (κ3) is 2.70. The number of hydrogen-bond acceptors (Lipinski definition) is 2. The van der Waals surface area contributed by atoms with Crippen molar-refractivity contribution in [1.82, 2.24) is 5.32 Å². The summed E-state index contributed by atoms with van der Waals surface area (Å²) in [6.45, 7) is 9.79. The average molecular weight is 231 g/mol. The summed E-state index contributed by atoms with van der Waals surface area (Å²) >= 11 is 0. The topological polar surface area (TPSA) is 21.3 Å². The zero-order valence-corrected chi connectivity index (χ0v) is 10.8. The highest BCUT2D eigenvalue weighted by molar-refractivity contribution is 5.39. The molecule has 0 bridgehead atoms. The van der Waals surface area contributed by atoms with Crippen LogP contribution >= 0.6 is 0 Å². The molecule has 0 saturated carbocycles. The summed E-state index contributed by atoms with van der Waals surface area (Å²) in [5.41, 5.74) is 2.37. The lowest BCUT2D eigenvalue weighted by atomic mass is 9.90. The summed E-state index contributed by atoms with van der Waals surface area (Å²) in [6, 6.07) is 8.30. The van der Waals surface area contributed by atoms with Gasteiger partial charge in [-0.15, -0.1) is 0 Å². The standard InChI is InChI=1S/C15H21NO/c1-12(2)11-17-14-8-5-4-7-13(14)15(3)9-6-10-16-15/h4-5,7-8,16H,1,6,9-11H2,2-3H3. The molecular formula is C15H21NO. The van der Waals surface area contributed by atoms with Gasteiger partial charge in [-0.05, 0) is 44.9 Å². The summed E-state index contributed by atoms with van der Waals surface area (Å²) in [4.78, 5) is 0. The first kappa shape index (κ1) is 12.2. The van der Waals surface area contributed by atoms with E-state index in [-0.39, 0.29) is 5.54 Å². The molecule has 2 rings (SSSR count). The third-order valence-electron chi connectivity index (χ3n) is 3.32. The monoisotopic (exact) mass is 231 g/mol. The van der Waals surface area contributed by atoms with Gasteiger partial charge in [0.1, 0.15) is 12.4 Å². The molecule has 2 nitrogen and oxygen atoms in total. The SMILES string of the molecule is C=C(C)COc1ccccc1C1(C)CCCN1. The number of nitrogens with one attached hydrogen (secondary N) is 1. The van der Waals surface area contributed by atoms with Crippen LogP contribution in [0.4, 0.5) is 0 Å². The fourth-order valence-corrected chi connectivity index (χ4v) is 2.37. The highest BCUT2D eigenvalue weighted by atomic mass is 16.5. The number of ether oxygens (including phenoxy) is 1. The maximum absolute atomic E-state index is 5.84. The van der Waals surface area contributed by atoms with E-state index < -0.39 is 0 Å². The maximum atomic E-state index is 5.84. The summed E-state index contributed by atoms with van der Waals surface area (Å²) in [6.07, 6.45) is 2.39. The van der Waals surface area contributed by atoms with Crippen molar-refractivity contribution in [3.8, 4) is 5.75 Å². The van der Waals surface area contributed by atoms with Gasteiger partial charge in [0, 0.05) is 11.1 Å². The fraction of sp³-hybridized carbons (Fsp3) is 0.467. The van der Waals surface area contributed by atoms with E-state index in [1.165, 1.54) is 18.4 Å². The molecule has 1 N–H and O–H groups in total. The van der Waals surface area contributed by atoms with Crippen LogP contribution in [0.2, 0.25) is 0 Å². The lowest BCUT2D eigenvalue weighted by Crippen LogP contribution is -2.33. The Hall–Kier alpha value is -1.28. The van der Waals surface area contributed by atoms with Crippen molar-refractivity contribution in [3.63, 3.8) is 0 Å². The molecule has 1 aliphatic rings.